The van der Waals surface area contributed by atoms with Crippen LogP contribution in [0.15, 0.2) is 17.1 Å². The Labute approximate surface area is 144 Å². The number of aliphatic hydroxyl groups is 1. The summed E-state index contributed by atoms with van der Waals surface area (Å²) in [5, 5.41) is 10.1. The number of hydrogen-bond donors (Lipinski definition) is 1. The molecule has 1 aliphatic heterocycles. The summed E-state index contributed by atoms with van der Waals surface area (Å²) < 4.78 is 0.724. The maximum Gasteiger partial charge on any atom is 0.189 e. The van der Waals surface area contributed by atoms with Crippen molar-refractivity contribution in [3.8, 4) is 0 Å². The van der Waals surface area contributed by atoms with Gasteiger partial charge in [-0.05, 0) is 32.6 Å². The van der Waals surface area contributed by atoms with Crippen molar-refractivity contribution in [2.24, 2.45) is 4.99 Å². The monoisotopic (exact) mass is 323 g/mol. The Balaban J connectivity index is 2.10. The van der Waals surface area contributed by atoms with Crippen molar-refractivity contribution in [1.29, 1.82) is 0 Å². The van der Waals surface area contributed by atoms with Crippen molar-refractivity contribution in [2.75, 3.05) is 13.1 Å². The van der Waals surface area contributed by atoms with E-state index in [1.807, 2.05) is 13.1 Å². The Morgan fingerprint density at radius 1 is 1.09 bits per heavy atom. The molecule has 0 aromatic heterocycles. The molecule has 0 saturated heterocycles. The van der Waals surface area contributed by atoms with E-state index in [0.29, 0.717) is 0 Å². The van der Waals surface area contributed by atoms with Crippen LogP contribution in [0.4, 0.5) is 0 Å². The normalized spacial score (nSPS) is 25.5. The molecule has 3 heteroatoms. The van der Waals surface area contributed by atoms with E-state index in [2.05, 4.69) is 31.0 Å². The van der Waals surface area contributed by atoms with Gasteiger partial charge in [-0.3, -0.25) is 4.48 Å². The van der Waals surface area contributed by atoms with Gasteiger partial charge in [0.05, 0.1) is 12.8 Å². The molecular weight excluding hydrogens is 284 g/mol. The van der Waals surface area contributed by atoms with Gasteiger partial charge in [0.25, 0.3) is 0 Å². The van der Waals surface area contributed by atoms with Gasteiger partial charge >= 0.3 is 0 Å². The van der Waals surface area contributed by atoms with Crippen molar-refractivity contribution in [2.45, 2.75) is 97.4 Å². The molecular formula is C20H39N2O+. The number of aliphatic hydroxyl groups excluding tert-OH is 1. The second kappa shape index (κ2) is 11.8. The molecule has 1 aliphatic rings. The van der Waals surface area contributed by atoms with Gasteiger partial charge in [-0.25, -0.2) is 4.99 Å². The minimum absolute atomic E-state index is 0.256. The molecule has 1 N–H and O–H groups in total. The Kier molecular flexibility index (Phi) is 10.5. The Morgan fingerprint density at radius 3 is 2.39 bits per heavy atom. The summed E-state index contributed by atoms with van der Waals surface area (Å²) in [4.78, 5) is 4.63. The maximum absolute atomic E-state index is 10.1. The van der Waals surface area contributed by atoms with Crippen LogP contribution in [-0.2, 0) is 0 Å². The predicted octanol–water partition coefficient (Wildman–Crippen LogP) is 5.05. The molecule has 0 amide bonds. The summed E-state index contributed by atoms with van der Waals surface area (Å²) in [7, 11) is 0. The number of quaternary nitrogens is 1. The maximum atomic E-state index is 10.1. The van der Waals surface area contributed by atoms with Crippen molar-refractivity contribution >= 4 is 6.21 Å². The highest BCUT2D eigenvalue weighted by atomic mass is 16.3. The lowest BCUT2D eigenvalue weighted by molar-refractivity contribution is -0.976. The molecule has 3 atom stereocenters. The third-order valence-corrected chi connectivity index (χ3v) is 5.35. The van der Waals surface area contributed by atoms with E-state index in [0.717, 1.165) is 30.4 Å². The third kappa shape index (κ3) is 6.76. The van der Waals surface area contributed by atoms with Crippen LogP contribution in [-0.4, -0.2) is 41.3 Å². The zero-order valence-electron chi connectivity index (χ0n) is 15.7. The fraction of sp³-hybridized carbons (Fsp3) is 0.850. The molecule has 0 spiro atoms. The molecule has 0 aliphatic carbocycles. The lowest BCUT2D eigenvalue weighted by atomic mass is 10.1. The number of nitrogens with zero attached hydrogens (tertiary/aromatic N) is 2. The average Bonchev–Trinajstić information content (AvgIpc) is 2.97. The predicted molar refractivity (Wildman–Crippen MR) is 101 cm³/mol. The molecule has 0 saturated carbocycles. The number of unbranched alkanes of at least 4 members (excludes halogenated alkanes) is 7. The minimum Gasteiger partial charge on any atom is -0.345 e. The summed E-state index contributed by atoms with van der Waals surface area (Å²) in [5.41, 5.74) is 0. The first-order valence-electron chi connectivity index (χ1n) is 9.88. The van der Waals surface area contributed by atoms with Gasteiger partial charge < -0.3 is 5.11 Å². The second-order valence-corrected chi connectivity index (χ2v) is 7.00. The van der Waals surface area contributed by atoms with Crippen LogP contribution in [0.2, 0.25) is 0 Å². The van der Waals surface area contributed by atoms with Crippen LogP contribution < -0.4 is 0 Å². The Hall–Kier alpha value is -0.670. The quantitative estimate of drug-likeness (QED) is 0.287. The first kappa shape index (κ1) is 20.4. The summed E-state index contributed by atoms with van der Waals surface area (Å²) in [6.45, 7) is 8.17. The van der Waals surface area contributed by atoms with Crippen LogP contribution >= 0.6 is 0 Å². The molecule has 0 fully saturated rings. The van der Waals surface area contributed by atoms with E-state index in [-0.39, 0.29) is 12.4 Å². The third-order valence-electron chi connectivity index (χ3n) is 5.35. The van der Waals surface area contributed by atoms with Crippen LogP contribution in [0.1, 0.15) is 85.0 Å². The highest BCUT2D eigenvalue weighted by molar-refractivity contribution is 5.60. The van der Waals surface area contributed by atoms with Gasteiger partial charge in [0.15, 0.2) is 12.4 Å². The average molecular weight is 324 g/mol. The van der Waals surface area contributed by atoms with Crippen molar-refractivity contribution < 1.29 is 9.59 Å². The van der Waals surface area contributed by atoms with Gasteiger partial charge in [0.2, 0.25) is 0 Å². The lowest BCUT2D eigenvalue weighted by Crippen LogP contribution is -2.57. The molecule has 1 heterocycles. The highest BCUT2D eigenvalue weighted by Gasteiger charge is 2.41. The second-order valence-electron chi connectivity index (χ2n) is 7.00. The summed E-state index contributed by atoms with van der Waals surface area (Å²) in [5.74, 6) is 0. The van der Waals surface area contributed by atoms with Gasteiger partial charge in [-0.15, -0.1) is 0 Å². The molecule has 0 aromatic rings. The number of hydrogen-bond acceptors (Lipinski definition) is 2. The van der Waals surface area contributed by atoms with Gasteiger partial charge in [-0.2, -0.15) is 0 Å². The van der Waals surface area contributed by atoms with Crippen LogP contribution in [0.3, 0.4) is 0 Å². The molecule has 23 heavy (non-hydrogen) atoms. The standard InChI is InChI=1S/C20H39N2O/c1-4-6-7-8-9-10-11-12-13-14-15-16-20-21-17-18-22(20,5-2)19(3)23/h12-13,17,19-20,23H,4-11,14-16,18H2,1-3H3/q+1/b13-12+. The molecule has 1 rings (SSSR count). The smallest absolute Gasteiger partial charge is 0.189 e. The summed E-state index contributed by atoms with van der Waals surface area (Å²) >= 11 is 0. The van der Waals surface area contributed by atoms with Crippen LogP contribution in [0, 0.1) is 0 Å². The van der Waals surface area contributed by atoms with E-state index >= 15 is 0 Å². The molecule has 3 unspecified atom stereocenters. The SMILES string of the molecule is CCCCCCCC/C=C/CCCC1N=CC[N+]1(CC)C(C)O. The topological polar surface area (TPSA) is 32.6 Å². The van der Waals surface area contributed by atoms with E-state index < -0.39 is 0 Å². The van der Waals surface area contributed by atoms with Crippen molar-refractivity contribution in [1.82, 2.24) is 0 Å². The Bertz CT molecular complexity index is 352. The zero-order chi connectivity index (χ0) is 17.0. The molecule has 0 aromatic carbocycles. The number of rotatable bonds is 13. The fourth-order valence-electron chi connectivity index (χ4n) is 3.61. The van der Waals surface area contributed by atoms with E-state index in [4.69, 9.17) is 0 Å². The van der Waals surface area contributed by atoms with Gasteiger partial charge in [0, 0.05) is 13.3 Å². The van der Waals surface area contributed by atoms with E-state index in [1.54, 1.807) is 0 Å². The summed E-state index contributed by atoms with van der Waals surface area (Å²) in [6.07, 6.45) is 19.5. The number of aliphatic imine (C=N–C) groups is 1. The van der Waals surface area contributed by atoms with Gasteiger partial charge in [-0.1, -0.05) is 51.2 Å². The fourth-order valence-corrected chi connectivity index (χ4v) is 3.61. The first-order chi connectivity index (χ1) is 11.2. The van der Waals surface area contributed by atoms with Crippen LogP contribution in [0.25, 0.3) is 0 Å². The van der Waals surface area contributed by atoms with Gasteiger partial charge in [0.1, 0.15) is 6.54 Å². The van der Waals surface area contributed by atoms with Crippen LogP contribution in [0.5, 0.6) is 0 Å². The molecule has 3 nitrogen and oxygen atoms in total. The summed E-state index contributed by atoms with van der Waals surface area (Å²) in [6, 6.07) is 0. The molecule has 0 radical (unpaired) electrons. The van der Waals surface area contributed by atoms with E-state index in [9.17, 15) is 5.11 Å². The molecule has 134 valence electrons. The largest absolute Gasteiger partial charge is 0.345 e. The number of allylic oxidation sites excluding steroid dienone is 2. The lowest BCUT2D eigenvalue weighted by Gasteiger charge is -2.40. The Morgan fingerprint density at radius 2 is 1.74 bits per heavy atom. The highest BCUT2D eigenvalue weighted by Crippen LogP contribution is 2.26. The van der Waals surface area contributed by atoms with E-state index in [1.165, 1.54) is 51.4 Å². The van der Waals surface area contributed by atoms with Crippen molar-refractivity contribution in [3.63, 3.8) is 0 Å². The zero-order valence-corrected chi connectivity index (χ0v) is 15.7. The first-order valence-corrected chi connectivity index (χ1v) is 9.88. The molecule has 0 bridgehead atoms. The van der Waals surface area contributed by atoms with Crippen molar-refractivity contribution in [3.05, 3.63) is 12.2 Å². The minimum atomic E-state index is -0.323.